The van der Waals surface area contributed by atoms with Crippen LogP contribution in [-0.4, -0.2) is 85.0 Å². The summed E-state index contributed by atoms with van der Waals surface area (Å²) in [5.74, 6) is 0. The van der Waals surface area contributed by atoms with Crippen LogP contribution in [0.4, 0.5) is 0 Å². The van der Waals surface area contributed by atoms with E-state index in [1.165, 1.54) is 11.8 Å². The van der Waals surface area contributed by atoms with E-state index in [4.69, 9.17) is 30.4 Å². The fourth-order valence-electron chi connectivity index (χ4n) is 0.267. The Morgan fingerprint density at radius 3 is 1.70 bits per heavy atom. The Balaban J connectivity index is -0.0000000879. The summed E-state index contributed by atoms with van der Waals surface area (Å²) in [6, 6.07) is 1.75. The van der Waals surface area contributed by atoms with Gasteiger partial charge in [0.2, 0.25) is 6.41 Å². The molecule has 0 aromatic carbocycles. The molecule has 0 atom stereocenters. The van der Waals surface area contributed by atoms with Crippen LogP contribution in [-0.2, 0) is 9.53 Å². The Morgan fingerprint density at radius 2 is 1.65 bits per heavy atom. The van der Waals surface area contributed by atoms with Crippen molar-refractivity contribution in [3.05, 3.63) is 0 Å². The lowest BCUT2D eigenvalue weighted by molar-refractivity contribution is -0.115. The molecule has 0 aromatic heterocycles. The van der Waals surface area contributed by atoms with Crippen LogP contribution >= 0.6 is 0 Å². The lowest BCUT2D eigenvalue weighted by Gasteiger charge is -1.96. The molecule has 0 aliphatic rings. The van der Waals surface area contributed by atoms with Crippen LogP contribution in [0.2, 0.25) is 0 Å². The third-order valence-corrected chi connectivity index (χ3v) is 1.07. The molecule has 0 heterocycles. The summed E-state index contributed by atoms with van der Waals surface area (Å²) in [6.45, 7) is 3.90. The lowest BCUT2D eigenvalue weighted by Crippen LogP contribution is -2.15. The average molecular weight is 296 g/mol. The van der Waals surface area contributed by atoms with Crippen molar-refractivity contribution < 1.29 is 30.0 Å². The Labute approximate surface area is 120 Å². The number of carbonyl (C=O) groups excluding carboxylic acids is 1. The van der Waals surface area contributed by atoms with Crippen molar-refractivity contribution in [3.8, 4) is 6.07 Å². The lowest BCUT2D eigenvalue weighted by atomic mass is 10.4. The number of nitrogens with zero attached hydrogens (tertiary/aromatic N) is 2. The molecule has 1 amide bonds. The largest absolute Gasteiger partial charge is 0.394 e. The molecular formula is C12H28N2O6. The van der Waals surface area contributed by atoms with Crippen LogP contribution in [0.25, 0.3) is 0 Å². The van der Waals surface area contributed by atoms with Crippen LogP contribution in [0.15, 0.2) is 0 Å². The molecule has 0 bridgehead atoms. The predicted molar refractivity (Wildman–Crippen MR) is 74.8 cm³/mol. The predicted octanol–water partition coefficient (Wildman–Crippen LogP) is -1.42. The number of rotatable bonds is 6. The average Bonchev–Trinajstić information content (AvgIpc) is 2.46. The second-order valence-corrected chi connectivity index (χ2v) is 3.23. The van der Waals surface area contributed by atoms with E-state index >= 15 is 0 Å². The van der Waals surface area contributed by atoms with E-state index in [-0.39, 0.29) is 19.8 Å². The third kappa shape index (κ3) is 69.1. The maximum Gasteiger partial charge on any atom is 0.209 e. The second kappa shape index (κ2) is 30.6. The topological polar surface area (TPSA) is 134 Å². The summed E-state index contributed by atoms with van der Waals surface area (Å²) in [5, 5.41) is 39.4. The smallest absolute Gasteiger partial charge is 0.209 e. The summed E-state index contributed by atoms with van der Waals surface area (Å²) in [4.78, 5) is 10.9. The maximum atomic E-state index is 9.43. The number of aliphatic hydroxyl groups is 4. The molecule has 0 spiro atoms. The molecule has 20 heavy (non-hydrogen) atoms. The molecule has 0 rings (SSSR count). The standard InChI is InChI=1S/C4H10O2.C3H7NO.C3H8O3.C2H3N/c1-2-6-4-3-5;1-4(2)3-5;4-1-3(6)2-5;1-2-3/h5H,2-4H2,1H3;3H,1-2H3;3-6H,1-2H2;1H3. The van der Waals surface area contributed by atoms with Gasteiger partial charge in [0.25, 0.3) is 0 Å². The van der Waals surface area contributed by atoms with Gasteiger partial charge in [-0.15, -0.1) is 0 Å². The summed E-state index contributed by atoms with van der Waals surface area (Å²) in [5.41, 5.74) is 0. The molecule has 0 fully saturated rings. The van der Waals surface area contributed by atoms with Gasteiger partial charge in [-0.3, -0.25) is 4.79 Å². The van der Waals surface area contributed by atoms with Crippen molar-refractivity contribution in [2.45, 2.75) is 20.0 Å². The number of nitriles is 1. The number of hydrogen-bond acceptors (Lipinski definition) is 7. The molecule has 0 saturated heterocycles. The third-order valence-electron chi connectivity index (χ3n) is 1.07. The number of carbonyl (C=O) groups is 1. The number of ether oxygens (including phenoxy) is 1. The van der Waals surface area contributed by atoms with E-state index in [2.05, 4.69) is 0 Å². The fourth-order valence-corrected chi connectivity index (χ4v) is 0.267. The molecule has 0 aromatic rings. The van der Waals surface area contributed by atoms with Gasteiger partial charge < -0.3 is 30.1 Å². The summed E-state index contributed by atoms with van der Waals surface area (Å²) in [6.07, 6.45) is -0.204. The zero-order chi connectivity index (χ0) is 16.8. The van der Waals surface area contributed by atoms with Crippen LogP contribution in [0, 0.1) is 11.3 Å². The SMILES string of the molecule is CC#N.CCOCCO.CN(C)C=O.OCC(O)CO. The zero-order valence-corrected chi connectivity index (χ0v) is 12.7. The van der Waals surface area contributed by atoms with Gasteiger partial charge in [0.05, 0.1) is 32.5 Å². The monoisotopic (exact) mass is 296 g/mol. The van der Waals surface area contributed by atoms with Gasteiger partial charge in [-0.25, -0.2) is 0 Å². The highest BCUT2D eigenvalue weighted by Gasteiger charge is 1.93. The van der Waals surface area contributed by atoms with Crippen molar-refractivity contribution in [2.24, 2.45) is 0 Å². The highest BCUT2D eigenvalue weighted by atomic mass is 16.5. The molecular weight excluding hydrogens is 268 g/mol. The zero-order valence-electron chi connectivity index (χ0n) is 12.7. The molecule has 0 aliphatic carbocycles. The number of amides is 1. The van der Waals surface area contributed by atoms with Gasteiger partial charge >= 0.3 is 0 Å². The minimum atomic E-state index is -0.954. The first-order valence-electron chi connectivity index (χ1n) is 5.92. The van der Waals surface area contributed by atoms with Crippen molar-refractivity contribution in [2.75, 3.05) is 47.1 Å². The van der Waals surface area contributed by atoms with Crippen LogP contribution in [0.3, 0.4) is 0 Å². The van der Waals surface area contributed by atoms with Gasteiger partial charge in [-0.1, -0.05) is 0 Å². The highest BCUT2D eigenvalue weighted by Crippen LogP contribution is 1.71. The van der Waals surface area contributed by atoms with Gasteiger partial charge in [0.1, 0.15) is 6.10 Å². The van der Waals surface area contributed by atoms with Crippen LogP contribution in [0.1, 0.15) is 13.8 Å². The maximum absolute atomic E-state index is 9.43. The summed E-state index contributed by atoms with van der Waals surface area (Å²) >= 11 is 0. The minimum Gasteiger partial charge on any atom is -0.394 e. The summed E-state index contributed by atoms with van der Waals surface area (Å²) < 4.78 is 4.73. The Bertz CT molecular complexity index is 189. The van der Waals surface area contributed by atoms with E-state index < -0.39 is 6.10 Å². The van der Waals surface area contributed by atoms with E-state index in [0.29, 0.717) is 13.2 Å². The van der Waals surface area contributed by atoms with Crippen molar-refractivity contribution >= 4 is 6.41 Å². The van der Waals surface area contributed by atoms with Gasteiger partial charge in [0.15, 0.2) is 0 Å². The van der Waals surface area contributed by atoms with Crippen molar-refractivity contribution in [1.29, 1.82) is 5.26 Å². The van der Waals surface area contributed by atoms with Gasteiger partial charge in [0, 0.05) is 27.6 Å². The molecule has 0 radical (unpaired) electrons. The van der Waals surface area contributed by atoms with E-state index in [9.17, 15) is 4.79 Å². The Hall–Kier alpha value is -1.24. The molecule has 122 valence electrons. The fraction of sp³-hybridized carbons (Fsp3) is 0.833. The van der Waals surface area contributed by atoms with E-state index in [1.54, 1.807) is 20.2 Å². The Kier molecular flexibility index (Phi) is 41.6. The normalized spacial score (nSPS) is 7.80. The highest BCUT2D eigenvalue weighted by molar-refractivity contribution is 5.45. The number of aliphatic hydroxyl groups excluding tert-OH is 4. The first-order chi connectivity index (χ1) is 9.41. The van der Waals surface area contributed by atoms with Crippen molar-refractivity contribution in [1.82, 2.24) is 4.90 Å². The van der Waals surface area contributed by atoms with Crippen LogP contribution < -0.4 is 0 Å². The first-order valence-corrected chi connectivity index (χ1v) is 5.92. The molecule has 0 saturated carbocycles. The molecule has 0 aliphatic heterocycles. The second-order valence-electron chi connectivity index (χ2n) is 3.23. The van der Waals surface area contributed by atoms with Gasteiger partial charge in [-0.2, -0.15) is 5.26 Å². The van der Waals surface area contributed by atoms with E-state index in [0.717, 1.165) is 6.41 Å². The van der Waals surface area contributed by atoms with Gasteiger partial charge in [-0.05, 0) is 6.92 Å². The number of hydrogen-bond donors (Lipinski definition) is 4. The first kappa shape index (κ1) is 27.2. The van der Waals surface area contributed by atoms with E-state index in [1.807, 2.05) is 6.92 Å². The quantitative estimate of drug-likeness (QED) is 0.349. The molecule has 8 nitrogen and oxygen atoms in total. The minimum absolute atomic E-state index is 0.133. The molecule has 0 unspecified atom stereocenters. The van der Waals surface area contributed by atoms with Crippen LogP contribution in [0.5, 0.6) is 0 Å². The molecule has 8 heteroatoms. The molecule has 4 N–H and O–H groups in total. The Morgan fingerprint density at radius 1 is 1.30 bits per heavy atom. The summed E-state index contributed by atoms with van der Waals surface area (Å²) in [7, 11) is 3.38. The van der Waals surface area contributed by atoms with Crippen molar-refractivity contribution in [3.63, 3.8) is 0 Å².